The van der Waals surface area contributed by atoms with E-state index in [9.17, 15) is 9.59 Å². The Labute approximate surface area is 129 Å². The molecule has 0 aliphatic heterocycles. The van der Waals surface area contributed by atoms with Crippen molar-refractivity contribution in [1.82, 2.24) is 4.90 Å². The summed E-state index contributed by atoms with van der Waals surface area (Å²) in [4.78, 5) is 25.4. The van der Waals surface area contributed by atoms with Gasteiger partial charge in [0.1, 0.15) is 5.75 Å². The molecule has 0 atom stereocenters. The van der Waals surface area contributed by atoms with Crippen LogP contribution in [0.15, 0.2) is 54.6 Å². The summed E-state index contributed by atoms with van der Waals surface area (Å²) >= 11 is 0. The molecule has 0 aliphatic carbocycles. The van der Waals surface area contributed by atoms with Gasteiger partial charge in [-0.1, -0.05) is 30.3 Å². The van der Waals surface area contributed by atoms with Gasteiger partial charge in [0.2, 0.25) is 0 Å². The summed E-state index contributed by atoms with van der Waals surface area (Å²) < 4.78 is 5.47. The lowest BCUT2D eigenvalue weighted by molar-refractivity contribution is -0.130. The van der Waals surface area contributed by atoms with Crippen LogP contribution in [0.5, 0.6) is 5.75 Å². The van der Waals surface area contributed by atoms with E-state index in [0.717, 1.165) is 0 Å². The molecule has 0 heterocycles. The topological polar surface area (TPSA) is 58.6 Å². The average molecular weight is 298 g/mol. The molecule has 22 heavy (non-hydrogen) atoms. The Kier molecular flexibility index (Phi) is 5.14. The predicted octanol–water partition coefficient (Wildman–Crippen LogP) is 2.41. The van der Waals surface area contributed by atoms with Gasteiger partial charge >= 0.3 is 0 Å². The molecule has 0 aliphatic rings. The van der Waals surface area contributed by atoms with Crippen molar-refractivity contribution >= 4 is 17.5 Å². The number of benzene rings is 2. The van der Waals surface area contributed by atoms with E-state index >= 15 is 0 Å². The van der Waals surface area contributed by atoms with Crippen molar-refractivity contribution in [3.8, 4) is 5.75 Å². The SMILES string of the molecule is CN(C)C(=O)COc1ccccc1C(=O)Nc1ccccc1. The second-order valence-corrected chi connectivity index (χ2v) is 4.89. The summed E-state index contributed by atoms with van der Waals surface area (Å²) in [5.74, 6) is -0.0662. The average Bonchev–Trinajstić information content (AvgIpc) is 2.53. The molecule has 5 nitrogen and oxygen atoms in total. The van der Waals surface area contributed by atoms with Crippen LogP contribution in [-0.2, 0) is 4.79 Å². The van der Waals surface area contributed by atoms with Crippen LogP contribution < -0.4 is 10.1 Å². The molecule has 0 fully saturated rings. The molecule has 0 unspecified atom stereocenters. The highest BCUT2D eigenvalue weighted by molar-refractivity contribution is 6.06. The van der Waals surface area contributed by atoms with Crippen LogP contribution in [0.3, 0.4) is 0 Å². The minimum Gasteiger partial charge on any atom is -0.483 e. The molecule has 0 bridgehead atoms. The highest BCUT2D eigenvalue weighted by Gasteiger charge is 2.14. The molecule has 0 radical (unpaired) electrons. The smallest absolute Gasteiger partial charge is 0.259 e. The first-order valence-electron chi connectivity index (χ1n) is 6.86. The van der Waals surface area contributed by atoms with Crippen LogP contribution in [0.2, 0.25) is 0 Å². The first-order valence-corrected chi connectivity index (χ1v) is 6.86. The summed E-state index contributed by atoms with van der Waals surface area (Å²) in [5, 5.41) is 2.79. The zero-order valence-corrected chi connectivity index (χ0v) is 12.6. The molecule has 114 valence electrons. The molecule has 2 amide bonds. The van der Waals surface area contributed by atoms with E-state index in [0.29, 0.717) is 17.0 Å². The zero-order valence-electron chi connectivity index (χ0n) is 12.6. The van der Waals surface area contributed by atoms with Crippen molar-refractivity contribution in [3.05, 3.63) is 60.2 Å². The summed E-state index contributed by atoms with van der Waals surface area (Å²) in [6, 6.07) is 16.0. The standard InChI is InChI=1S/C17H18N2O3/c1-19(2)16(20)12-22-15-11-7-6-10-14(15)17(21)18-13-8-4-3-5-9-13/h3-11H,12H2,1-2H3,(H,18,21). The Morgan fingerprint density at radius 2 is 1.64 bits per heavy atom. The van der Waals surface area contributed by atoms with Gasteiger partial charge in [-0.2, -0.15) is 0 Å². The second-order valence-electron chi connectivity index (χ2n) is 4.89. The number of carbonyl (C=O) groups is 2. The van der Waals surface area contributed by atoms with Crippen LogP contribution >= 0.6 is 0 Å². The fourth-order valence-corrected chi connectivity index (χ4v) is 1.77. The number of hydrogen-bond donors (Lipinski definition) is 1. The van der Waals surface area contributed by atoms with Crippen molar-refractivity contribution in [2.45, 2.75) is 0 Å². The van der Waals surface area contributed by atoms with Gasteiger partial charge in [-0.25, -0.2) is 0 Å². The molecule has 2 rings (SSSR count). The maximum atomic E-state index is 12.3. The Bertz CT molecular complexity index is 654. The molecule has 0 aromatic heterocycles. The number of rotatable bonds is 5. The van der Waals surface area contributed by atoms with E-state index in [2.05, 4.69) is 5.32 Å². The minimum atomic E-state index is -0.279. The number of nitrogens with one attached hydrogen (secondary N) is 1. The lowest BCUT2D eigenvalue weighted by Crippen LogP contribution is -2.28. The van der Waals surface area contributed by atoms with Crippen molar-refractivity contribution in [1.29, 1.82) is 0 Å². The Morgan fingerprint density at radius 1 is 1.00 bits per heavy atom. The van der Waals surface area contributed by atoms with Crippen LogP contribution in [0.4, 0.5) is 5.69 Å². The molecular formula is C17H18N2O3. The monoisotopic (exact) mass is 298 g/mol. The van der Waals surface area contributed by atoms with Gasteiger partial charge in [0.25, 0.3) is 11.8 Å². The van der Waals surface area contributed by atoms with Crippen molar-refractivity contribution < 1.29 is 14.3 Å². The first kappa shape index (κ1) is 15.6. The maximum Gasteiger partial charge on any atom is 0.259 e. The van der Waals surface area contributed by atoms with E-state index in [-0.39, 0.29) is 18.4 Å². The third kappa shape index (κ3) is 4.09. The van der Waals surface area contributed by atoms with Gasteiger partial charge in [0, 0.05) is 19.8 Å². The van der Waals surface area contributed by atoms with Gasteiger partial charge in [-0.05, 0) is 24.3 Å². The highest BCUT2D eigenvalue weighted by atomic mass is 16.5. The minimum absolute atomic E-state index is 0.109. The van der Waals surface area contributed by atoms with E-state index in [1.54, 1.807) is 50.5 Å². The quantitative estimate of drug-likeness (QED) is 0.922. The van der Waals surface area contributed by atoms with Gasteiger partial charge < -0.3 is 15.0 Å². The fourth-order valence-electron chi connectivity index (χ4n) is 1.77. The van der Waals surface area contributed by atoms with Crippen LogP contribution in [0.25, 0.3) is 0 Å². The second kappa shape index (κ2) is 7.26. The Morgan fingerprint density at radius 3 is 2.32 bits per heavy atom. The van der Waals surface area contributed by atoms with E-state index in [1.807, 2.05) is 18.2 Å². The number of carbonyl (C=O) groups excluding carboxylic acids is 2. The summed E-state index contributed by atoms with van der Waals surface area (Å²) in [6.07, 6.45) is 0. The van der Waals surface area contributed by atoms with E-state index in [1.165, 1.54) is 4.90 Å². The van der Waals surface area contributed by atoms with Gasteiger partial charge in [0.05, 0.1) is 5.56 Å². The normalized spacial score (nSPS) is 9.91. The number of anilines is 1. The van der Waals surface area contributed by atoms with Crippen molar-refractivity contribution in [3.63, 3.8) is 0 Å². The number of amides is 2. The lowest BCUT2D eigenvalue weighted by Gasteiger charge is -2.14. The zero-order chi connectivity index (χ0) is 15.9. The molecule has 1 N–H and O–H groups in total. The van der Waals surface area contributed by atoms with Gasteiger partial charge in [0.15, 0.2) is 6.61 Å². The molecular weight excluding hydrogens is 280 g/mol. The highest BCUT2D eigenvalue weighted by Crippen LogP contribution is 2.19. The van der Waals surface area contributed by atoms with Crippen molar-refractivity contribution in [2.75, 3.05) is 26.0 Å². The molecule has 0 saturated carbocycles. The van der Waals surface area contributed by atoms with Crippen LogP contribution in [-0.4, -0.2) is 37.4 Å². The largest absolute Gasteiger partial charge is 0.483 e. The summed E-state index contributed by atoms with van der Waals surface area (Å²) in [6.45, 7) is -0.109. The third-order valence-corrected chi connectivity index (χ3v) is 3.01. The van der Waals surface area contributed by atoms with E-state index in [4.69, 9.17) is 4.74 Å². The Hall–Kier alpha value is -2.82. The number of para-hydroxylation sites is 2. The number of hydrogen-bond acceptors (Lipinski definition) is 3. The number of nitrogens with zero attached hydrogens (tertiary/aromatic N) is 1. The molecule has 0 saturated heterocycles. The van der Waals surface area contributed by atoms with E-state index < -0.39 is 0 Å². The lowest BCUT2D eigenvalue weighted by atomic mass is 10.2. The summed E-state index contributed by atoms with van der Waals surface area (Å²) in [7, 11) is 3.30. The molecule has 2 aromatic rings. The predicted molar refractivity (Wildman–Crippen MR) is 85.0 cm³/mol. The maximum absolute atomic E-state index is 12.3. The third-order valence-electron chi connectivity index (χ3n) is 3.01. The molecule has 5 heteroatoms. The van der Waals surface area contributed by atoms with Crippen molar-refractivity contribution in [2.24, 2.45) is 0 Å². The van der Waals surface area contributed by atoms with Crippen LogP contribution in [0, 0.1) is 0 Å². The summed E-state index contributed by atoms with van der Waals surface area (Å²) in [5.41, 5.74) is 1.09. The van der Waals surface area contributed by atoms with Gasteiger partial charge in [-0.3, -0.25) is 9.59 Å². The number of ether oxygens (including phenoxy) is 1. The Balaban J connectivity index is 2.10. The van der Waals surface area contributed by atoms with Crippen LogP contribution in [0.1, 0.15) is 10.4 Å². The molecule has 0 spiro atoms. The first-order chi connectivity index (χ1) is 10.6. The van der Waals surface area contributed by atoms with Gasteiger partial charge in [-0.15, -0.1) is 0 Å². The fraction of sp³-hybridized carbons (Fsp3) is 0.176. The molecule has 2 aromatic carbocycles. The number of likely N-dealkylation sites (N-methyl/N-ethyl adjacent to an activating group) is 1.